The van der Waals surface area contributed by atoms with Crippen LogP contribution in [-0.2, 0) is 6.42 Å². The Morgan fingerprint density at radius 2 is 2.38 bits per heavy atom. The molecule has 0 radical (unpaired) electrons. The Morgan fingerprint density at radius 3 is 3.08 bits per heavy atom. The average molecular weight is 176 g/mol. The van der Waals surface area contributed by atoms with Crippen LogP contribution in [0.2, 0.25) is 0 Å². The number of rotatable bonds is 2. The zero-order valence-corrected chi connectivity index (χ0v) is 7.57. The fourth-order valence-electron chi connectivity index (χ4n) is 1.36. The predicted molar refractivity (Wildman–Crippen MR) is 50.5 cm³/mol. The first-order valence-electron chi connectivity index (χ1n) is 4.31. The highest BCUT2D eigenvalue weighted by atomic mass is 15.1. The summed E-state index contributed by atoms with van der Waals surface area (Å²) in [5.41, 5.74) is 7.42. The van der Waals surface area contributed by atoms with Crippen molar-refractivity contribution in [2.45, 2.75) is 13.3 Å². The Kier molecular flexibility index (Phi) is 1.98. The van der Waals surface area contributed by atoms with Gasteiger partial charge in [-0.3, -0.25) is 4.40 Å². The van der Waals surface area contributed by atoms with Gasteiger partial charge >= 0.3 is 0 Å². The van der Waals surface area contributed by atoms with Crippen molar-refractivity contribution >= 4 is 5.65 Å². The molecule has 0 aliphatic rings. The van der Waals surface area contributed by atoms with Gasteiger partial charge in [-0.1, -0.05) is 0 Å². The van der Waals surface area contributed by atoms with Crippen LogP contribution in [0.4, 0.5) is 0 Å². The summed E-state index contributed by atoms with van der Waals surface area (Å²) in [6.45, 7) is 2.59. The quantitative estimate of drug-likeness (QED) is 0.726. The molecule has 0 spiro atoms. The Morgan fingerprint density at radius 1 is 1.54 bits per heavy atom. The SMILES string of the molecule is Cc1nccc2nc(CCN)cn12. The molecule has 0 atom stereocenters. The molecule has 13 heavy (non-hydrogen) atoms. The molecule has 0 aromatic carbocycles. The van der Waals surface area contributed by atoms with E-state index in [-0.39, 0.29) is 0 Å². The third kappa shape index (κ3) is 1.40. The standard InChI is InChI=1S/C9H12N4/c1-7-11-5-3-9-12-8(2-4-10)6-13(7)9/h3,5-6H,2,4,10H2,1H3. The van der Waals surface area contributed by atoms with E-state index in [4.69, 9.17) is 5.73 Å². The van der Waals surface area contributed by atoms with Crippen molar-refractivity contribution in [3.63, 3.8) is 0 Å². The van der Waals surface area contributed by atoms with Gasteiger partial charge in [0, 0.05) is 18.8 Å². The van der Waals surface area contributed by atoms with Gasteiger partial charge in [0.25, 0.3) is 0 Å². The number of hydrogen-bond acceptors (Lipinski definition) is 3. The number of fused-ring (bicyclic) bond motifs is 1. The maximum Gasteiger partial charge on any atom is 0.139 e. The van der Waals surface area contributed by atoms with Crippen molar-refractivity contribution in [3.05, 3.63) is 30.0 Å². The minimum atomic E-state index is 0.635. The molecular weight excluding hydrogens is 164 g/mol. The summed E-state index contributed by atoms with van der Waals surface area (Å²) in [4.78, 5) is 8.58. The summed E-state index contributed by atoms with van der Waals surface area (Å²) in [7, 11) is 0. The second-order valence-corrected chi connectivity index (χ2v) is 2.99. The first kappa shape index (κ1) is 8.19. The van der Waals surface area contributed by atoms with Crippen molar-refractivity contribution in [3.8, 4) is 0 Å². The highest BCUT2D eigenvalue weighted by molar-refractivity contribution is 5.39. The number of nitrogens with zero attached hydrogens (tertiary/aromatic N) is 3. The van der Waals surface area contributed by atoms with Crippen LogP contribution in [0.1, 0.15) is 11.5 Å². The largest absolute Gasteiger partial charge is 0.330 e. The summed E-state index contributed by atoms with van der Waals surface area (Å²) in [5, 5.41) is 0. The van der Waals surface area contributed by atoms with E-state index in [1.807, 2.05) is 23.6 Å². The lowest BCUT2D eigenvalue weighted by molar-refractivity contribution is 0.933. The highest BCUT2D eigenvalue weighted by Crippen LogP contribution is 2.06. The number of hydrogen-bond donors (Lipinski definition) is 1. The molecule has 4 nitrogen and oxygen atoms in total. The van der Waals surface area contributed by atoms with Crippen LogP contribution < -0.4 is 5.73 Å². The summed E-state index contributed by atoms with van der Waals surface area (Å²) in [6, 6.07) is 1.90. The molecule has 0 fully saturated rings. The van der Waals surface area contributed by atoms with E-state index in [1.54, 1.807) is 6.20 Å². The number of aryl methyl sites for hydroxylation is 1. The fourth-order valence-corrected chi connectivity index (χ4v) is 1.36. The van der Waals surface area contributed by atoms with E-state index in [9.17, 15) is 0 Å². The van der Waals surface area contributed by atoms with Gasteiger partial charge in [0.15, 0.2) is 0 Å². The monoisotopic (exact) mass is 176 g/mol. The van der Waals surface area contributed by atoms with E-state index < -0.39 is 0 Å². The van der Waals surface area contributed by atoms with E-state index in [0.717, 1.165) is 23.6 Å². The van der Waals surface area contributed by atoms with Crippen LogP contribution in [-0.4, -0.2) is 20.9 Å². The average Bonchev–Trinajstić information content (AvgIpc) is 2.49. The molecule has 0 saturated carbocycles. The first-order valence-corrected chi connectivity index (χ1v) is 4.31. The summed E-state index contributed by atoms with van der Waals surface area (Å²) >= 11 is 0. The van der Waals surface area contributed by atoms with E-state index >= 15 is 0 Å². The van der Waals surface area contributed by atoms with E-state index in [0.29, 0.717) is 6.54 Å². The van der Waals surface area contributed by atoms with Gasteiger partial charge < -0.3 is 5.73 Å². The normalized spacial score (nSPS) is 10.9. The molecule has 0 aliphatic heterocycles. The van der Waals surface area contributed by atoms with Gasteiger partial charge in [0.2, 0.25) is 0 Å². The molecule has 0 saturated heterocycles. The van der Waals surface area contributed by atoms with Crippen LogP contribution in [0, 0.1) is 6.92 Å². The van der Waals surface area contributed by atoms with Gasteiger partial charge in [-0.2, -0.15) is 0 Å². The van der Waals surface area contributed by atoms with Crippen LogP contribution in [0.15, 0.2) is 18.5 Å². The molecule has 0 amide bonds. The number of aromatic nitrogens is 3. The molecule has 2 aromatic rings. The molecule has 2 heterocycles. The minimum Gasteiger partial charge on any atom is -0.330 e. The van der Waals surface area contributed by atoms with Crippen LogP contribution in [0.25, 0.3) is 5.65 Å². The molecule has 0 unspecified atom stereocenters. The van der Waals surface area contributed by atoms with Crippen molar-refractivity contribution < 1.29 is 0 Å². The van der Waals surface area contributed by atoms with E-state index in [2.05, 4.69) is 9.97 Å². The smallest absolute Gasteiger partial charge is 0.139 e. The third-order valence-electron chi connectivity index (χ3n) is 2.02. The summed E-state index contributed by atoms with van der Waals surface area (Å²) < 4.78 is 1.98. The molecule has 0 aliphatic carbocycles. The van der Waals surface area contributed by atoms with Crippen molar-refractivity contribution in [1.82, 2.24) is 14.4 Å². The van der Waals surface area contributed by atoms with Crippen molar-refractivity contribution in [1.29, 1.82) is 0 Å². The number of imidazole rings is 1. The van der Waals surface area contributed by atoms with Crippen LogP contribution >= 0.6 is 0 Å². The Bertz CT molecular complexity index is 418. The maximum absolute atomic E-state index is 5.46. The lowest BCUT2D eigenvalue weighted by Crippen LogP contribution is -2.02. The molecule has 2 N–H and O–H groups in total. The molecule has 0 bridgehead atoms. The lowest BCUT2D eigenvalue weighted by atomic mass is 10.3. The Labute approximate surface area is 76.4 Å². The second-order valence-electron chi connectivity index (χ2n) is 2.99. The molecule has 68 valence electrons. The van der Waals surface area contributed by atoms with Gasteiger partial charge in [-0.15, -0.1) is 0 Å². The maximum atomic E-state index is 5.46. The third-order valence-corrected chi connectivity index (χ3v) is 2.02. The van der Waals surface area contributed by atoms with Gasteiger partial charge in [-0.05, 0) is 19.5 Å². The van der Waals surface area contributed by atoms with Crippen molar-refractivity contribution in [2.75, 3.05) is 6.54 Å². The predicted octanol–water partition coefficient (Wildman–Crippen LogP) is 0.539. The first-order chi connectivity index (χ1) is 6.31. The van der Waals surface area contributed by atoms with E-state index in [1.165, 1.54) is 0 Å². The lowest BCUT2D eigenvalue weighted by Gasteiger charge is -1.94. The topological polar surface area (TPSA) is 56.2 Å². The minimum absolute atomic E-state index is 0.635. The van der Waals surface area contributed by atoms with Gasteiger partial charge in [-0.25, -0.2) is 9.97 Å². The van der Waals surface area contributed by atoms with Gasteiger partial charge in [0.05, 0.1) is 5.69 Å². The second kappa shape index (κ2) is 3.14. The Balaban J connectivity index is 2.55. The fraction of sp³-hybridized carbons (Fsp3) is 0.333. The highest BCUT2D eigenvalue weighted by Gasteiger charge is 2.01. The number of nitrogens with two attached hydrogens (primary N) is 1. The van der Waals surface area contributed by atoms with Gasteiger partial charge in [0.1, 0.15) is 11.5 Å². The van der Waals surface area contributed by atoms with Crippen LogP contribution in [0.5, 0.6) is 0 Å². The zero-order valence-electron chi connectivity index (χ0n) is 7.57. The zero-order chi connectivity index (χ0) is 9.26. The van der Waals surface area contributed by atoms with Crippen molar-refractivity contribution in [2.24, 2.45) is 5.73 Å². The summed E-state index contributed by atoms with van der Waals surface area (Å²) in [5.74, 6) is 0.952. The molecular formula is C9H12N4. The summed E-state index contributed by atoms with van der Waals surface area (Å²) in [6.07, 6.45) is 4.58. The van der Waals surface area contributed by atoms with Crippen LogP contribution in [0.3, 0.4) is 0 Å². The molecule has 2 aromatic heterocycles. The Hall–Kier alpha value is -1.42. The molecule has 4 heteroatoms. The molecule has 2 rings (SSSR count).